The molecule has 1 fully saturated rings. The molecule has 0 aliphatic carbocycles. The highest BCUT2D eigenvalue weighted by Gasteiger charge is 2.19. The van der Waals surface area contributed by atoms with Gasteiger partial charge in [0.1, 0.15) is 12.1 Å². The van der Waals surface area contributed by atoms with Crippen molar-refractivity contribution >= 4 is 39.1 Å². The topological polar surface area (TPSA) is 99.3 Å². The van der Waals surface area contributed by atoms with E-state index in [1.54, 1.807) is 6.33 Å². The maximum atomic E-state index is 9.55. The molecule has 30 heavy (non-hydrogen) atoms. The second kappa shape index (κ2) is 9.21. The number of hydrogen-bond donors (Lipinski definition) is 3. The number of aliphatic hydroxyl groups is 2. The Kier molecular flexibility index (Phi) is 6.22. The smallest absolute Gasteiger partial charge is 0.227 e. The summed E-state index contributed by atoms with van der Waals surface area (Å²) in [6, 6.07) is 12.0. The number of thiophene rings is 1. The van der Waals surface area contributed by atoms with E-state index in [1.165, 1.54) is 11.3 Å². The van der Waals surface area contributed by atoms with E-state index < -0.39 is 0 Å². The Bertz CT molecular complexity index is 1110. The van der Waals surface area contributed by atoms with Crippen LogP contribution in [-0.2, 0) is 6.61 Å². The van der Waals surface area contributed by atoms with Crippen molar-refractivity contribution in [1.82, 2.24) is 19.5 Å². The van der Waals surface area contributed by atoms with Crippen LogP contribution in [0, 0.1) is 0 Å². The van der Waals surface area contributed by atoms with E-state index in [2.05, 4.69) is 15.2 Å². The van der Waals surface area contributed by atoms with Crippen LogP contribution in [0.4, 0.5) is 17.6 Å². The van der Waals surface area contributed by atoms with Gasteiger partial charge in [0.05, 0.1) is 23.0 Å². The Morgan fingerprint density at radius 1 is 1.10 bits per heavy atom. The van der Waals surface area contributed by atoms with E-state index >= 15 is 0 Å². The van der Waals surface area contributed by atoms with Gasteiger partial charge in [-0.1, -0.05) is 18.2 Å². The zero-order chi connectivity index (χ0) is 20.9. The number of imidazole rings is 1. The summed E-state index contributed by atoms with van der Waals surface area (Å²) < 4.78 is 2.90. The standard InChI is InChI=1S/C20H20N6OS.CH4O/c27-12-15-10-16-18(28-15)19(24-20(22-16)25-8-4-5-9-25)23-17-11-26(13-21-17)14-6-2-1-3-7-14;1-2/h1-3,6-7,10-11,13,27H,4-5,8-9,12H2,(H,22,23,24);2H,1H3. The van der Waals surface area contributed by atoms with Crippen molar-refractivity contribution in [2.24, 2.45) is 0 Å². The Hall–Kier alpha value is -3.01. The number of benzene rings is 1. The van der Waals surface area contributed by atoms with Gasteiger partial charge in [-0.3, -0.25) is 0 Å². The molecule has 0 bridgehead atoms. The van der Waals surface area contributed by atoms with Crippen molar-refractivity contribution < 1.29 is 10.2 Å². The molecule has 0 spiro atoms. The first-order valence-electron chi connectivity index (χ1n) is 9.77. The zero-order valence-corrected chi connectivity index (χ0v) is 17.5. The molecular formula is C21H24N6O2S. The SMILES string of the molecule is CO.OCc1cc2nc(N3CCCC3)nc(Nc3cn(-c4ccccc4)cn3)c2s1. The second-order valence-electron chi connectivity index (χ2n) is 6.78. The van der Waals surface area contributed by atoms with Crippen molar-refractivity contribution in [2.45, 2.75) is 19.4 Å². The van der Waals surface area contributed by atoms with Gasteiger partial charge in [-0.05, 0) is 31.0 Å². The van der Waals surface area contributed by atoms with Crippen LogP contribution in [0.25, 0.3) is 15.9 Å². The molecule has 0 atom stereocenters. The lowest BCUT2D eigenvalue weighted by atomic mass is 10.3. The first kappa shape index (κ1) is 20.3. The number of para-hydroxylation sites is 1. The van der Waals surface area contributed by atoms with Gasteiger partial charge in [-0.2, -0.15) is 4.98 Å². The number of fused-ring (bicyclic) bond motifs is 1. The molecular weight excluding hydrogens is 400 g/mol. The summed E-state index contributed by atoms with van der Waals surface area (Å²) in [7, 11) is 1.00. The number of hydrogen-bond acceptors (Lipinski definition) is 8. The largest absolute Gasteiger partial charge is 0.400 e. The number of aliphatic hydroxyl groups excluding tert-OH is 2. The van der Waals surface area contributed by atoms with Gasteiger partial charge in [-0.25, -0.2) is 9.97 Å². The van der Waals surface area contributed by atoms with E-state index in [4.69, 9.17) is 15.1 Å². The van der Waals surface area contributed by atoms with Crippen LogP contribution in [0.2, 0.25) is 0 Å². The second-order valence-corrected chi connectivity index (χ2v) is 7.92. The fraction of sp³-hybridized carbons (Fsp3) is 0.286. The minimum atomic E-state index is 0.00213. The normalized spacial score (nSPS) is 13.4. The number of aromatic nitrogens is 4. The van der Waals surface area contributed by atoms with Crippen molar-refractivity contribution in [3.8, 4) is 5.69 Å². The van der Waals surface area contributed by atoms with E-state index in [0.717, 1.165) is 71.4 Å². The Balaban J connectivity index is 0.00000106. The predicted molar refractivity (Wildman–Crippen MR) is 120 cm³/mol. The van der Waals surface area contributed by atoms with E-state index in [1.807, 2.05) is 47.2 Å². The third-order valence-corrected chi connectivity index (χ3v) is 5.95. The molecule has 0 radical (unpaired) electrons. The molecule has 0 amide bonds. The zero-order valence-electron chi connectivity index (χ0n) is 16.7. The average molecular weight is 425 g/mol. The molecule has 4 heterocycles. The highest BCUT2D eigenvalue weighted by atomic mass is 32.1. The van der Waals surface area contributed by atoms with Gasteiger partial charge in [0, 0.05) is 30.8 Å². The molecule has 0 saturated carbocycles. The van der Waals surface area contributed by atoms with E-state index in [0.29, 0.717) is 0 Å². The fourth-order valence-electron chi connectivity index (χ4n) is 3.44. The number of nitrogens with one attached hydrogen (secondary N) is 1. The van der Waals surface area contributed by atoms with Crippen molar-refractivity contribution in [3.05, 3.63) is 53.8 Å². The van der Waals surface area contributed by atoms with Gasteiger partial charge in [0.25, 0.3) is 0 Å². The lowest BCUT2D eigenvalue weighted by molar-refractivity contribution is 0.285. The van der Waals surface area contributed by atoms with Crippen LogP contribution in [0.3, 0.4) is 0 Å². The summed E-state index contributed by atoms with van der Waals surface area (Å²) in [6.07, 6.45) is 6.05. The van der Waals surface area contributed by atoms with Crippen molar-refractivity contribution in [1.29, 1.82) is 0 Å². The van der Waals surface area contributed by atoms with E-state index in [9.17, 15) is 5.11 Å². The van der Waals surface area contributed by atoms with Crippen LogP contribution in [0.15, 0.2) is 48.9 Å². The molecule has 156 valence electrons. The third kappa shape index (κ3) is 4.13. The predicted octanol–water partition coefficient (Wildman–Crippen LogP) is 3.32. The van der Waals surface area contributed by atoms with Gasteiger partial charge < -0.3 is 25.0 Å². The summed E-state index contributed by atoms with van der Waals surface area (Å²) in [5.74, 6) is 2.18. The molecule has 3 aromatic heterocycles. The highest BCUT2D eigenvalue weighted by Crippen LogP contribution is 2.33. The molecule has 1 aliphatic rings. The summed E-state index contributed by atoms with van der Waals surface area (Å²) in [5, 5.41) is 19.9. The number of rotatable bonds is 5. The molecule has 0 unspecified atom stereocenters. The first-order valence-corrected chi connectivity index (χ1v) is 10.6. The van der Waals surface area contributed by atoms with Crippen LogP contribution in [-0.4, -0.2) is 49.9 Å². The van der Waals surface area contributed by atoms with Crippen molar-refractivity contribution in [2.75, 3.05) is 30.4 Å². The summed E-state index contributed by atoms with van der Waals surface area (Å²) in [4.78, 5) is 17.1. The Morgan fingerprint density at radius 2 is 1.87 bits per heavy atom. The van der Waals surface area contributed by atoms with E-state index in [-0.39, 0.29) is 6.61 Å². The quantitative estimate of drug-likeness (QED) is 0.452. The molecule has 3 N–H and O–H groups in total. The van der Waals surface area contributed by atoms with Gasteiger partial charge in [0.15, 0.2) is 5.82 Å². The third-order valence-electron chi connectivity index (χ3n) is 4.84. The molecule has 1 aromatic carbocycles. The summed E-state index contributed by atoms with van der Waals surface area (Å²) in [5.41, 5.74) is 1.91. The van der Waals surface area contributed by atoms with Gasteiger partial charge >= 0.3 is 0 Å². The summed E-state index contributed by atoms with van der Waals surface area (Å²) >= 11 is 1.51. The van der Waals surface area contributed by atoms with Gasteiger partial charge in [0.2, 0.25) is 5.95 Å². The summed E-state index contributed by atoms with van der Waals surface area (Å²) in [6.45, 7) is 1.96. The van der Waals surface area contributed by atoms with Gasteiger partial charge in [-0.15, -0.1) is 11.3 Å². The number of anilines is 3. The molecule has 4 aromatic rings. The maximum Gasteiger partial charge on any atom is 0.227 e. The maximum absolute atomic E-state index is 9.55. The molecule has 9 heteroatoms. The van der Waals surface area contributed by atoms with Crippen LogP contribution in [0.5, 0.6) is 0 Å². The monoisotopic (exact) mass is 424 g/mol. The molecule has 5 rings (SSSR count). The Labute approximate surface area is 178 Å². The molecule has 8 nitrogen and oxygen atoms in total. The molecule has 1 saturated heterocycles. The average Bonchev–Trinajstić information content (AvgIpc) is 3.56. The van der Waals surface area contributed by atoms with Crippen LogP contribution < -0.4 is 10.2 Å². The van der Waals surface area contributed by atoms with Crippen molar-refractivity contribution in [3.63, 3.8) is 0 Å². The van der Waals surface area contributed by atoms with Crippen LogP contribution in [0.1, 0.15) is 17.7 Å². The minimum Gasteiger partial charge on any atom is -0.400 e. The Morgan fingerprint density at radius 3 is 2.60 bits per heavy atom. The first-order chi connectivity index (χ1) is 14.8. The lowest BCUT2D eigenvalue weighted by Gasteiger charge is -2.16. The number of nitrogens with zero attached hydrogens (tertiary/aromatic N) is 5. The minimum absolute atomic E-state index is 0.00213. The highest BCUT2D eigenvalue weighted by molar-refractivity contribution is 7.19. The fourth-order valence-corrected chi connectivity index (χ4v) is 4.34. The lowest BCUT2D eigenvalue weighted by Crippen LogP contribution is -2.20. The molecule has 1 aliphatic heterocycles. The van der Waals surface area contributed by atoms with Crippen LogP contribution >= 0.6 is 11.3 Å².